The lowest BCUT2D eigenvalue weighted by Gasteiger charge is -2.33. The summed E-state index contributed by atoms with van der Waals surface area (Å²) in [7, 11) is 0. The molecule has 0 heterocycles. The number of carbonyl (C=O) groups excluding carboxylic acids is 1. The van der Waals surface area contributed by atoms with Gasteiger partial charge in [-0.3, -0.25) is 0 Å². The third-order valence-corrected chi connectivity index (χ3v) is 3.29. The van der Waals surface area contributed by atoms with Crippen molar-refractivity contribution in [3.05, 3.63) is 12.3 Å². The first-order chi connectivity index (χ1) is 9.06. The van der Waals surface area contributed by atoms with Crippen LogP contribution in [0.25, 0.3) is 0 Å². The normalized spacial score (nSPS) is 14.6. The van der Waals surface area contributed by atoms with Crippen LogP contribution in [0, 0.1) is 5.92 Å². The summed E-state index contributed by atoms with van der Waals surface area (Å²) in [6.07, 6.45) is 7.23. The number of aldehydes is 1. The zero-order chi connectivity index (χ0) is 15.3. The third-order valence-electron chi connectivity index (χ3n) is 3.29. The van der Waals surface area contributed by atoms with Gasteiger partial charge in [0.25, 0.3) is 0 Å². The highest BCUT2D eigenvalue weighted by Crippen LogP contribution is 2.37. The van der Waals surface area contributed by atoms with Crippen LogP contribution in [0.1, 0.15) is 80.1 Å². The minimum absolute atomic E-state index is 0.115. The Kier molecular flexibility index (Phi) is 13.2. The fraction of sp³-hybridized carbons (Fsp3) is 0.824. The van der Waals surface area contributed by atoms with E-state index >= 15 is 0 Å². The molecule has 0 radical (unpaired) electrons. The molecule has 0 aliphatic heterocycles. The lowest BCUT2D eigenvalue weighted by Crippen LogP contribution is -2.32. The standard InChI is InChI=1S/C13H22O2.2C2H6/c1-11(7-6-10-14)15-13(2,3)12-8-4-5-9-12;2*1-2/h10,12H,1,4-9H2,2-3H3;2*1-2H3. The van der Waals surface area contributed by atoms with Crippen LogP contribution >= 0.6 is 0 Å². The van der Waals surface area contributed by atoms with Crippen LogP contribution < -0.4 is 0 Å². The maximum atomic E-state index is 10.2. The van der Waals surface area contributed by atoms with Gasteiger partial charge in [-0.25, -0.2) is 0 Å². The van der Waals surface area contributed by atoms with Crippen molar-refractivity contribution in [2.75, 3.05) is 0 Å². The van der Waals surface area contributed by atoms with Gasteiger partial charge in [0.1, 0.15) is 11.9 Å². The Morgan fingerprint density at radius 3 is 2.11 bits per heavy atom. The van der Waals surface area contributed by atoms with Crippen LogP contribution in [0.2, 0.25) is 0 Å². The summed E-state index contributed by atoms with van der Waals surface area (Å²) in [5.41, 5.74) is -0.115. The molecule has 2 heteroatoms. The molecule has 0 aromatic carbocycles. The molecule has 0 unspecified atom stereocenters. The van der Waals surface area contributed by atoms with E-state index in [0.717, 1.165) is 12.0 Å². The first-order valence-electron chi connectivity index (χ1n) is 7.86. The molecule has 1 saturated carbocycles. The van der Waals surface area contributed by atoms with E-state index in [9.17, 15) is 4.79 Å². The Bertz CT molecular complexity index is 225. The van der Waals surface area contributed by atoms with E-state index in [2.05, 4.69) is 20.4 Å². The van der Waals surface area contributed by atoms with Crippen LogP contribution in [0.3, 0.4) is 0 Å². The van der Waals surface area contributed by atoms with E-state index in [-0.39, 0.29) is 5.60 Å². The van der Waals surface area contributed by atoms with Crippen LogP contribution in [0.15, 0.2) is 12.3 Å². The molecule has 1 rings (SSSR count). The second-order valence-corrected chi connectivity index (χ2v) is 4.93. The number of hydrogen-bond donors (Lipinski definition) is 0. The van der Waals surface area contributed by atoms with Gasteiger partial charge in [0.15, 0.2) is 0 Å². The van der Waals surface area contributed by atoms with Crippen molar-refractivity contribution < 1.29 is 9.53 Å². The molecule has 0 amide bonds. The minimum atomic E-state index is -0.115. The maximum absolute atomic E-state index is 10.2. The summed E-state index contributed by atoms with van der Waals surface area (Å²) in [6, 6.07) is 0. The van der Waals surface area contributed by atoms with Crippen LogP contribution in [0.5, 0.6) is 0 Å². The first kappa shape index (κ1) is 20.5. The monoisotopic (exact) mass is 270 g/mol. The summed E-state index contributed by atoms with van der Waals surface area (Å²) >= 11 is 0. The Labute approximate surface area is 120 Å². The Morgan fingerprint density at radius 1 is 1.21 bits per heavy atom. The van der Waals surface area contributed by atoms with Crippen molar-refractivity contribution in [1.29, 1.82) is 0 Å². The van der Waals surface area contributed by atoms with Gasteiger partial charge in [-0.1, -0.05) is 47.1 Å². The molecule has 2 nitrogen and oxygen atoms in total. The molecular weight excluding hydrogens is 236 g/mol. The molecule has 0 saturated heterocycles. The number of ether oxygens (including phenoxy) is 1. The van der Waals surface area contributed by atoms with Gasteiger partial charge in [0.2, 0.25) is 0 Å². The Balaban J connectivity index is 0. The molecule has 1 fully saturated rings. The summed E-state index contributed by atoms with van der Waals surface area (Å²) in [5.74, 6) is 1.39. The van der Waals surface area contributed by atoms with E-state index in [1.165, 1.54) is 25.7 Å². The highest BCUT2D eigenvalue weighted by Gasteiger charge is 2.33. The smallest absolute Gasteiger partial charge is 0.120 e. The molecule has 1 aliphatic rings. The van der Waals surface area contributed by atoms with E-state index in [4.69, 9.17) is 4.74 Å². The van der Waals surface area contributed by atoms with Crippen molar-refractivity contribution >= 4 is 6.29 Å². The molecule has 0 aromatic rings. The van der Waals surface area contributed by atoms with Gasteiger partial charge < -0.3 is 9.53 Å². The number of rotatable bonds is 6. The second-order valence-electron chi connectivity index (χ2n) is 4.93. The maximum Gasteiger partial charge on any atom is 0.120 e. The van der Waals surface area contributed by atoms with Crippen LogP contribution in [-0.2, 0) is 9.53 Å². The number of carbonyl (C=O) groups is 1. The van der Waals surface area contributed by atoms with Crippen molar-refractivity contribution in [1.82, 2.24) is 0 Å². The van der Waals surface area contributed by atoms with Crippen molar-refractivity contribution in [3.63, 3.8) is 0 Å². The quantitative estimate of drug-likeness (QED) is 0.469. The zero-order valence-corrected chi connectivity index (χ0v) is 13.9. The van der Waals surface area contributed by atoms with Gasteiger partial charge in [-0.05, 0) is 32.6 Å². The fourth-order valence-corrected chi connectivity index (χ4v) is 2.35. The Hall–Kier alpha value is -0.790. The van der Waals surface area contributed by atoms with Crippen LogP contribution in [0.4, 0.5) is 0 Å². The summed E-state index contributed by atoms with van der Waals surface area (Å²) < 4.78 is 5.87. The molecule has 0 spiro atoms. The van der Waals surface area contributed by atoms with E-state index in [1.54, 1.807) is 0 Å². The highest BCUT2D eigenvalue weighted by molar-refractivity contribution is 5.49. The van der Waals surface area contributed by atoms with E-state index in [0.29, 0.717) is 18.8 Å². The van der Waals surface area contributed by atoms with E-state index in [1.807, 2.05) is 27.7 Å². The average molecular weight is 270 g/mol. The van der Waals surface area contributed by atoms with Crippen molar-refractivity contribution in [2.45, 2.75) is 85.7 Å². The second kappa shape index (κ2) is 12.3. The lowest BCUT2D eigenvalue weighted by atomic mass is 9.89. The molecule has 1 aliphatic carbocycles. The largest absolute Gasteiger partial charge is 0.493 e. The average Bonchev–Trinajstić information content (AvgIpc) is 2.95. The number of allylic oxidation sites excluding steroid dienone is 1. The molecule has 0 aromatic heterocycles. The highest BCUT2D eigenvalue weighted by atomic mass is 16.5. The number of hydrogen-bond acceptors (Lipinski definition) is 2. The van der Waals surface area contributed by atoms with Crippen LogP contribution in [-0.4, -0.2) is 11.9 Å². The van der Waals surface area contributed by atoms with Gasteiger partial charge in [0.05, 0.1) is 5.76 Å². The van der Waals surface area contributed by atoms with Gasteiger partial charge in [-0.15, -0.1) is 0 Å². The van der Waals surface area contributed by atoms with Gasteiger partial charge in [-0.2, -0.15) is 0 Å². The topological polar surface area (TPSA) is 26.3 Å². The van der Waals surface area contributed by atoms with Gasteiger partial charge >= 0.3 is 0 Å². The predicted octanol–water partition coefficient (Wildman–Crippen LogP) is 5.52. The molecule has 0 N–H and O–H groups in total. The SMILES string of the molecule is C=C(CCC=O)OC(C)(C)C1CCCC1.CC.CC. The molecule has 0 atom stereocenters. The molecule has 114 valence electrons. The summed E-state index contributed by atoms with van der Waals surface area (Å²) in [6.45, 7) is 16.1. The Morgan fingerprint density at radius 2 is 1.68 bits per heavy atom. The molecule has 19 heavy (non-hydrogen) atoms. The van der Waals surface area contributed by atoms with Gasteiger partial charge in [0, 0.05) is 12.8 Å². The first-order valence-corrected chi connectivity index (χ1v) is 7.86. The summed E-state index contributed by atoms with van der Waals surface area (Å²) in [5, 5.41) is 0. The molecule has 0 bridgehead atoms. The zero-order valence-electron chi connectivity index (χ0n) is 13.9. The van der Waals surface area contributed by atoms with Crippen molar-refractivity contribution in [2.24, 2.45) is 5.92 Å². The van der Waals surface area contributed by atoms with E-state index < -0.39 is 0 Å². The lowest BCUT2D eigenvalue weighted by molar-refractivity contribution is -0.108. The van der Waals surface area contributed by atoms with Crippen molar-refractivity contribution in [3.8, 4) is 0 Å². The minimum Gasteiger partial charge on any atom is -0.493 e. The fourth-order valence-electron chi connectivity index (χ4n) is 2.35. The summed E-state index contributed by atoms with van der Waals surface area (Å²) in [4.78, 5) is 10.2. The predicted molar refractivity (Wildman–Crippen MR) is 84.3 cm³/mol. The third kappa shape index (κ3) is 8.85. The molecular formula is C17H34O2.